The molecule has 2 N–H and O–H groups in total. The zero-order chi connectivity index (χ0) is 25.7. The summed E-state index contributed by atoms with van der Waals surface area (Å²) in [5.41, 5.74) is 4.00. The van der Waals surface area contributed by atoms with Gasteiger partial charge in [0.2, 0.25) is 9.84 Å². The van der Waals surface area contributed by atoms with Crippen molar-refractivity contribution in [3.63, 3.8) is 0 Å². The number of pyridine rings is 2. The van der Waals surface area contributed by atoms with Crippen LogP contribution in [-0.2, 0) is 9.84 Å². The fourth-order valence-electron chi connectivity index (χ4n) is 4.95. The van der Waals surface area contributed by atoms with Crippen LogP contribution < -0.4 is 10.2 Å². The van der Waals surface area contributed by atoms with E-state index in [9.17, 15) is 8.42 Å². The Kier molecular flexibility index (Phi) is 5.31. The number of aromatic amines is 1. The van der Waals surface area contributed by atoms with Gasteiger partial charge in [0.1, 0.15) is 16.5 Å². The van der Waals surface area contributed by atoms with E-state index in [1.54, 1.807) is 48.8 Å². The van der Waals surface area contributed by atoms with Gasteiger partial charge in [-0.3, -0.25) is 4.98 Å². The number of hydrogen-bond donors (Lipinski definition) is 2. The average Bonchev–Trinajstić information content (AvgIpc) is 3.38. The first-order valence-corrected chi connectivity index (χ1v) is 13.9. The molecule has 1 aliphatic heterocycles. The molecule has 188 valence electrons. The Morgan fingerprint density at radius 2 is 1.76 bits per heavy atom. The first-order chi connectivity index (χ1) is 18.6. The minimum absolute atomic E-state index is 0.0782. The van der Waals surface area contributed by atoms with Gasteiger partial charge in [-0.2, -0.15) is 0 Å². The SMILES string of the molecule is O=S(=O)(c1ccccc1)c1cc2c(-c3nc(N4CCNCC4)c4c(C5=CC=C5)cncc4n3)ccnc2[nH]1. The summed E-state index contributed by atoms with van der Waals surface area (Å²) in [4.78, 5) is 24.4. The number of sulfone groups is 1. The van der Waals surface area contributed by atoms with Crippen molar-refractivity contribution < 1.29 is 8.42 Å². The van der Waals surface area contributed by atoms with Gasteiger partial charge in [0.25, 0.3) is 0 Å². The van der Waals surface area contributed by atoms with Crippen LogP contribution in [0.1, 0.15) is 5.56 Å². The molecule has 1 fully saturated rings. The summed E-state index contributed by atoms with van der Waals surface area (Å²) >= 11 is 0. The summed E-state index contributed by atoms with van der Waals surface area (Å²) in [7, 11) is -3.75. The Morgan fingerprint density at radius 3 is 2.53 bits per heavy atom. The molecule has 0 radical (unpaired) electrons. The lowest BCUT2D eigenvalue weighted by molar-refractivity contribution is 0.586. The van der Waals surface area contributed by atoms with Crippen molar-refractivity contribution in [1.29, 1.82) is 0 Å². The van der Waals surface area contributed by atoms with Crippen molar-refractivity contribution in [3.8, 4) is 11.4 Å². The molecule has 0 unspecified atom stereocenters. The zero-order valence-electron chi connectivity index (χ0n) is 20.3. The molecule has 1 aliphatic carbocycles. The van der Waals surface area contributed by atoms with Crippen molar-refractivity contribution in [1.82, 2.24) is 30.2 Å². The third-order valence-electron chi connectivity index (χ3n) is 6.96. The molecule has 0 saturated carbocycles. The van der Waals surface area contributed by atoms with Gasteiger partial charge in [0, 0.05) is 55.1 Å². The maximum Gasteiger partial charge on any atom is 0.221 e. The zero-order valence-corrected chi connectivity index (χ0v) is 21.1. The van der Waals surface area contributed by atoms with Gasteiger partial charge in [0.05, 0.1) is 22.0 Å². The van der Waals surface area contributed by atoms with E-state index in [1.807, 2.05) is 18.3 Å². The van der Waals surface area contributed by atoms with Gasteiger partial charge in [-0.05, 0) is 29.8 Å². The molecular formula is C28H23N7O2S. The van der Waals surface area contributed by atoms with Crippen LogP contribution in [0.4, 0.5) is 5.82 Å². The highest BCUT2D eigenvalue weighted by atomic mass is 32.2. The number of aromatic nitrogens is 5. The Labute approximate surface area is 218 Å². The van der Waals surface area contributed by atoms with E-state index in [0.29, 0.717) is 22.4 Å². The van der Waals surface area contributed by atoms with Crippen molar-refractivity contribution in [2.75, 3.05) is 31.1 Å². The monoisotopic (exact) mass is 521 g/mol. The molecule has 1 saturated heterocycles. The fourth-order valence-corrected chi connectivity index (χ4v) is 6.22. The third kappa shape index (κ3) is 3.68. The number of H-pyrrole nitrogens is 1. The smallest absolute Gasteiger partial charge is 0.221 e. The first kappa shape index (κ1) is 22.8. The van der Waals surface area contributed by atoms with Crippen LogP contribution >= 0.6 is 0 Å². The number of nitrogens with one attached hydrogen (secondary N) is 2. The van der Waals surface area contributed by atoms with Crippen LogP contribution in [0.25, 0.3) is 38.9 Å². The summed E-state index contributed by atoms with van der Waals surface area (Å²) in [6, 6.07) is 11.8. The van der Waals surface area contributed by atoms with E-state index < -0.39 is 9.84 Å². The summed E-state index contributed by atoms with van der Waals surface area (Å²) in [5.74, 6) is 1.35. The van der Waals surface area contributed by atoms with Gasteiger partial charge < -0.3 is 15.2 Å². The minimum atomic E-state index is -3.75. The van der Waals surface area contributed by atoms with Crippen molar-refractivity contribution >= 4 is 43.2 Å². The number of fused-ring (bicyclic) bond motifs is 2. The summed E-state index contributed by atoms with van der Waals surface area (Å²) in [5, 5.41) is 5.09. The quantitative estimate of drug-likeness (QED) is 0.359. The lowest BCUT2D eigenvalue weighted by Crippen LogP contribution is -2.44. The number of anilines is 1. The summed E-state index contributed by atoms with van der Waals surface area (Å²) < 4.78 is 26.6. The van der Waals surface area contributed by atoms with E-state index >= 15 is 0 Å². The normalized spacial score (nSPS) is 15.6. The predicted octanol–water partition coefficient (Wildman–Crippen LogP) is 3.76. The molecule has 0 bridgehead atoms. The first-order valence-electron chi connectivity index (χ1n) is 12.4. The van der Waals surface area contributed by atoms with Crippen LogP contribution in [0, 0.1) is 0 Å². The van der Waals surface area contributed by atoms with E-state index in [2.05, 4.69) is 37.3 Å². The molecule has 38 heavy (non-hydrogen) atoms. The average molecular weight is 522 g/mol. The molecular weight excluding hydrogens is 498 g/mol. The summed E-state index contributed by atoms with van der Waals surface area (Å²) in [6.45, 7) is 3.36. The van der Waals surface area contributed by atoms with E-state index in [1.165, 1.54) is 0 Å². The second kappa shape index (κ2) is 8.86. The Bertz CT molecular complexity index is 1870. The molecule has 5 aromatic rings. The second-order valence-electron chi connectivity index (χ2n) is 9.24. The number of allylic oxidation sites excluding steroid dienone is 4. The molecule has 10 heteroatoms. The van der Waals surface area contributed by atoms with Gasteiger partial charge >= 0.3 is 0 Å². The number of benzene rings is 1. The van der Waals surface area contributed by atoms with Crippen molar-refractivity contribution in [2.45, 2.75) is 9.92 Å². The van der Waals surface area contributed by atoms with E-state index in [-0.39, 0.29) is 9.92 Å². The van der Waals surface area contributed by atoms with Crippen LogP contribution in [0.2, 0.25) is 0 Å². The molecule has 5 heterocycles. The molecule has 0 amide bonds. The van der Waals surface area contributed by atoms with Crippen molar-refractivity contribution in [3.05, 3.63) is 84.8 Å². The molecule has 1 aromatic carbocycles. The fraction of sp³-hybridized carbons (Fsp3) is 0.143. The second-order valence-corrected chi connectivity index (χ2v) is 11.2. The molecule has 2 aliphatic rings. The third-order valence-corrected chi connectivity index (χ3v) is 8.65. The standard InChI is InChI=1S/C28H23N7O2S/c36-38(37,19-7-2-1-3-8-19)24-15-21-20(9-10-31-26(21)33-24)27-32-23-17-30-16-22(18-5-4-6-18)25(23)28(34-27)35-13-11-29-12-14-35/h1-10,15-17,29H,11-14H2,(H,31,33). The van der Waals surface area contributed by atoms with Gasteiger partial charge in [-0.25, -0.2) is 23.4 Å². The van der Waals surface area contributed by atoms with E-state index in [4.69, 9.17) is 9.97 Å². The van der Waals surface area contributed by atoms with Crippen molar-refractivity contribution in [2.24, 2.45) is 0 Å². The number of nitrogens with zero attached hydrogens (tertiary/aromatic N) is 5. The van der Waals surface area contributed by atoms with Gasteiger partial charge in [-0.15, -0.1) is 0 Å². The number of rotatable bonds is 5. The molecule has 0 atom stereocenters. The lowest BCUT2D eigenvalue weighted by atomic mass is 9.97. The maximum atomic E-state index is 13.3. The predicted molar refractivity (Wildman–Crippen MR) is 147 cm³/mol. The Balaban J connectivity index is 1.43. The van der Waals surface area contributed by atoms with Gasteiger partial charge in [0.15, 0.2) is 5.82 Å². The molecule has 9 nitrogen and oxygen atoms in total. The van der Waals surface area contributed by atoms with Crippen LogP contribution in [0.15, 0.2) is 89.2 Å². The molecule has 4 aromatic heterocycles. The largest absolute Gasteiger partial charge is 0.353 e. The Hall–Kier alpha value is -4.41. The van der Waals surface area contributed by atoms with Crippen LogP contribution in [0.5, 0.6) is 0 Å². The van der Waals surface area contributed by atoms with Crippen LogP contribution in [0.3, 0.4) is 0 Å². The van der Waals surface area contributed by atoms with E-state index in [0.717, 1.165) is 54.0 Å². The number of piperazine rings is 1. The van der Waals surface area contributed by atoms with Gasteiger partial charge in [-0.1, -0.05) is 36.4 Å². The highest BCUT2D eigenvalue weighted by Gasteiger charge is 2.24. The van der Waals surface area contributed by atoms with Crippen LogP contribution in [-0.4, -0.2) is 59.5 Å². The lowest BCUT2D eigenvalue weighted by Gasteiger charge is -2.30. The highest BCUT2D eigenvalue weighted by Crippen LogP contribution is 2.37. The highest BCUT2D eigenvalue weighted by molar-refractivity contribution is 7.91. The number of hydrogen-bond acceptors (Lipinski definition) is 8. The maximum absolute atomic E-state index is 13.3. The molecule has 7 rings (SSSR count). The minimum Gasteiger partial charge on any atom is -0.353 e. The Morgan fingerprint density at radius 1 is 0.947 bits per heavy atom. The topological polar surface area (TPSA) is 117 Å². The molecule has 0 spiro atoms. The summed E-state index contributed by atoms with van der Waals surface area (Å²) in [6.07, 6.45) is 11.4.